The summed E-state index contributed by atoms with van der Waals surface area (Å²) >= 11 is 0. The normalized spacial score (nSPS) is 19.6. The van der Waals surface area contributed by atoms with Crippen molar-refractivity contribution in [2.24, 2.45) is 5.41 Å². The predicted octanol–water partition coefficient (Wildman–Crippen LogP) is 5.41. The highest BCUT2D eigenvalue weighted by molar-refractivity contribution is 6.07. The fourth-order valence-corrected chi connectivity index (χ4v) is 4.69. The topological polar surface area (TPSA) is 67.9 Å². The summed E-state index contributed by atoms with van der Waals surface area (Å²) < 4.78 is 52.5. The molecule has 2 aliphatic rings. The Balaban J connectivity index is 2.07. The van der Waals surface area contributed by atoms with Crippen LogP contribution in [0, 0.1) is 5.41 Å². The average molecular weight is 474 g/mol. The molecule has 2 aromatic rings. The number of carbonyl (C=O) groups excluding carboxylic acids is 2. The molecule has 0 fully saturated rings. The summed E-state index contributed by atoms with van der Waals surface area (Å²) in [6.45, 7) is 3.85. The number of methoxy groups -OCH3 is 2. The summed E-state index contributed by atoms with van der Waals surface area (Å²) in [6.07, 6.45) is -4.62. The maximum absolute atomic E-state index is 13.9. The number of nitrogens with one attached hydrogen (secondary N) is 1. The first-order valence-electron chi connectivity index (χ1n) is 10.7. The Labute approximate surface area is 195 Å². The number of ether oxygens (including phenoxy) is 2. The Morgan fingerprint density at radius 1 is 1.09 bits per heavy atom. The SMILES string of the molecule is COc1ccc([C@H]2C3=C(CC(C)(C)CC3=O)Nc3ccccc3N2C(=O)C(F)(F)F)c(OC)c1. The molecule has 0 spiro atoms. The zero-order chi connectivity index (χ0) is 24.8. The number of carbonyl (C=O) groups is 2. The van der Waals surface area contributed by atoms with E-state index < -0.39 is 23.5 Å². The Morgan fingerprint density at radius 2 is 1.79 bits per heavy atom. The van der Waals surface area contributed by atoms with Crippen LogP contribution in [-0.2, 0) is 9.59 Å². The smallest absolute Gasteiger partial charge is 0.471 e. The molecule has 0 bridgehead atoms. The lowest BCUT2D eigenvalue weighted by molar-refractivity contribution is -0.170. The fourth-order valence-electron chi connectivity index (χ4n) is 4.69. The first-order valence-corrected chi connectivity index (χ1v) is 10.7. The van der Waals surface area contributed by atoms with E-state index in [1.54, 1.807) is 24.3 Å². The Kier molecular flexibility index (Phi) is 5.83. The Bertz CT molecular complexity index is 1190. The Morgan fingerprint density at radius 3 is 2.44 bits per heavy atom. The molecule has 1 heterocycles. The predicted molar refractivity (Wildman–Crippen MR) is 121 cm³/mol. The number of allylic oxidation sites excluding steroid dienone is 1. The van der Waals surface area contributed by atoms with Gasteiger partial charge in [-0.15, -0.1) is 0 Å². The first kappa shape index (κ1) is 23.7. The van der Waals surface area contributed by atoms with Crippen LogP contribution in [-0.4, -0.2) is 32.1 Å². The van der Waals surface area contributed by atoms with Crippen LogP contribution in [0.3, 0.4) is 0 Å². The van der Waals surface area contributed by atoms with Crippen LogP contribution < -0.4 is 19.7 Å². The third-order valence-corrected chi connectivity index (χ3v) is 6.10. The molecule has 2 aromatic carbocycles. The van der Waals surface area contributed by atoms with Gasteiger partial charge in [-0.05, 0) is 36.1 Å². The van der Waals surface area contributed by atoms with Gasteiger partial charge in [0.25, 0.3) is 0 Å². The summed E-state index contributed by atoms with van der Waals surface area (Å²) in [5, 5.41) is 3.18. The second-order valence-corrected chi connectivity index (χ2v) is 9.16. The molecule has 1 N–H and O–H groups in total. The molecule has 180 valence electrons. The highest BCUT2D eigenvalue weighted by Crippen LogP contribution is 2.50. The molecule has 0 aromatic heterocycles. The van der Waals surface area contributed by atoms with Crippen molar-refractivity contribution in [3.05, 3.63) is 59.3 Å². The molecule has 1 atom stereocenters. The van der Waals surface area contributed by atoms with Gasteiger partial charge in [-0.2, -0.15) is 13.2 Å². The van der Waals surface area contributed by atoms with E-state index in [1.165, 1.54) is 32.4 Å². The van der Waals surface area contributed by atoms with Gasteiger partial charge in [0.15, 0.2) is 5.78 Å². The highest BCUT2D eigenvalue weighted by Gasteiger charge is 2.51. The molecular formula is C25H25F3N2O4. The Hall–Kier alpha value is -3.49. The molecule has 34 heavy (non-hydrogen) atoms. The molecule has 0 radical (unpaired) electrons. The summed E-state index contributed by atoms with van der Waals surface area (Å²) in [4.78, 5) is 27.1. The summed E-state index contributed by atoms with van der Waals surface area (Å²) in [6, 6.07) is 9.50. The summed E-state index contributed by atoms with van der Waals surface area (Å²) in [5.74, 6) is -1.77. The van der Waals surface area contributed by atoms with Gasteiger partial charge < -0.3 is 14.8 Å². The molecule has 9 heteroatoms. The van der Waals surface area contributed by atoms with Gasteiger partial charge >= 0.3 is 12.1 Å². The van der Waals surface area contributed by atoms with Gasteiger partial charge in [-0.25, -0.2) is 0 Å². The average Bonchev–Trinajstić information content (AvgIpc) is 2.90. The van der Waals surface area contributed by atoms with Crippen LogP contribution in [0.4, 0.5) is 24.5 Å². The van der Waals surface area contributed by atoms with Crippen molar-refractivity contribution in [2.45, 2.75) is 38.9 Å². The largest absolute Gasteiger partial charge is 0.497 e. The van der Waals surface area contributed by atoms with Crippen molar-refractivity contribution in [3.8, 4) is 11.5 Å². The number of ketones is 1. The summed E-state index contributed by atoms with van der Waals surface area (Å²) in [5.41, 5.74) is 0.793. The van der Waals surface area contributed by atoms with E-state index in [1.807, 2.05) is 13.8 Å². The minimum atomic E-state index is -5.17. The number of hydrogen-bond acceptors (Lipinski definition) is 5. The minimum absolute atomic E-state index is 0.0210. The molecule has 0 unspecified atom stereocenters. The molecule has 0 saturated heterocycles. The maximum Gasteiger partial charge on any atom is 0.471 e. The van der Waals surface area contributed by atoms with Crippen molar-refractivity contribution in [3.63, 3.8) is 0 Å². The van der Waals surface area contributed by atoms with Crippen LogP contribution in [0.15, 0.2) is 53.7 Å². The zero-order valence-electron chi connectivity index (χ0n) is 19.2. The maximum atomic E-state index is 13.9. The first-order chi connectivity index (χ1) is 16.0. The van der Waals surface area contributed by atoms with E-state index in [-0.39, 0.29) is 34.8 Å². The number of Topliss-reactive ketones (excluding diaryl/α,β-unsaturated/α-hetero) is 1. The summed E-state index contributed by atoms with van der Waals surface area (Å²) in [7, 11) is 2.82. The molecule has 1 aliphatic carbocycles. The lowest BCUT2D eigenvalue weighted by atomic mass is 9.73. The van der Waals surface area contributed by atoms with E-state index in [2.05, 4.69) is 5.32 Å². The molecule has 0 saturated carbocycles. The molecule has 6 nitrogen and oxygen atoms in total. The quantitative estimate of drug-likeness (QED) is 0.645. The van der Waals surface area contributed by atoms with E-state index in [4.69, 9.17) is 9.47 Å². The van der Waals surface area contributed by atoms with Crippen molar-refractivity contribution < 1.29 is 32.2 Å². The van der Waals surface area contributed by atoms with E-state index in [0.717, 1.165) is 0 Å². The molecular weight excluding hydrogens is 449 g/mol. The third-order valence-electron chi connectivity index (χ3n) is 6.10. The lowest BCUT2D eigenvalue weighted by Gasteiger charge is -2.37. The van der Waals surface area contributed by atoms with Gasteiger partial charge in [0, 0.05) is 29.3 Å². The van der Waals surface area contributed by atoms with E-state index >= 15 is 0 Å². The fraction of sp³-hybridized carbons (Fsp3) is 0.360. The second-order valence-electron chi connectivity index (χ2n) is 9.16. The van der Waals surface area contributed by atoms with E-state index in [9.17, 15) is 22.8 Å². The van der Waals surface area contributed by atoms with Gasteiger partial charge in [0.05, 0.1) is 31.6 Å². The van der Waals surface area contributed by atoms with Crippen LogP contribution in [0.1, 0.15) is 38.3 Å². The number of anilines is 2. The molecule has 4 rings (SSSR count). The van der Waals surface area contributed by atoms with Crippen molar-refractivity contribution >= 4 is 23.1 Å². The van der Waals surface area contributed by atoms with Gasteiger partial charge in [0.2, 0.25) is 0 Å². The number of fused-ring (bicyclic) bond motifs is 1. The molecule has 1 aliphatic heterocycles. The molecule has 1 amide bonds. The van der Waals surface area contributed by atoms with Crippen molar-refractivity contribution in [2.75, 3.05) is 24.4 Å². The monoisotopic (exact) mass is 474 g/mol. The number of benzene rings is 2. The number of nitrogens with zero attached hydrogens (tertiary/aromatic N) is 1. The minimum Gasteiger partial charge on any atom is -0.497 e. The number of para-hydroxylation sites is 2. The van der Waals surface area contributed by atoms with Crippen LogP contribution in [0.25, 0.3) is 0 Å². The van der Waals surface area contributed by atoms with Crippen LogP contribution >= 0.6 is 0 Å². The second kappa shape index (κ2) is 8.38. The third kappa shape index (κ3) is 4.10. The number of hydrogen-bond donors (Lipinski definition) is 1. The number of alkyl halides is 3. The highest BCUT2D eigenvalue weighted by atomic mass is 19.4. The van der Waals surface area contributed by atoms with Crippen LogP contribution in [0.5, 0.6) is 11.5 Å². The van der Waals surface area contributed by atoms with Crippen molar-refractivity contribution in [1.82, 2.24) is 0 Å². The van der Waals surface area contributed by atoms with Crippen LogP contribution in [0.2, 0.25) is 0 Å². The van der Waals surface area contributed by atoms with Gasteiger partial charge in [-0.3, -0.25) is 14.5 Å². The standard InChI is InChI=1S/C25H25F3N2O4/c1-24(2)12-17-21(19(31)13-24)22(15-10-9-14(33-3)11-20(15)34-4)30(23(32)25(26,27)28)18-8-6-5-7-16(18)29-17/h5-11,22,29H,12-13H2,1-4H3/t22-/m0/s1. The van der Waals surface area contributed by atoms with E-state index in [0.29, 0.717) is 28.5 Å². The zero-order valence-corrected chi connectivity index (χ0v) is 19.2. The number of amides is 1. The number of halogens is 3. The number of rotatable bonds is 3. The lowest BCUT2D eigenvalue weighted by Crippen LogP contribution is -2.45. The van der Waals surface area contributed by atoms with Gasteiger partial charge in [0.1, 0.15) is 11.5 Å². The van der Waals surface area contributed by atoms with Crippen molar-refractivity contribution in [1.29, 1.82) is 0 Å². The van der Waals surface area contributed by atoms with Gasteiger partial charge in [-0.1, -0.05) is 26.0 Å².